The summed E-state index contributed by atoms with van der Waals surface area (Å²) in [5, 5.41) is 14.6. The van der Waals surface area contributed by atoms with Gasteiger partial charge in [0.1, 0.15) is 23.0 Å². The number of hydrogen-bond acceptors (Lipinski definition) is 8. The second-order valence-corrected chi connectivity index (χ2v) is 8.86. The Hall–Kier alpha value is -4.12. The molecule has 0 unspecified atom stereocenters. The topological polar surface area (TPSA) is 111 Å². The van der Waals surface area contributed by atoms with Crippen LogP contribution in [0.25, 0.3) is 27.7 Å². The van der Waals surface area contributed by atoms with Crippen LogP contribution in [-0.2, 0) is 0 Å². The lowest BCUT2D eigenvalue weighted by Gasteiger charge is -2.35. The maximum atomic E-state index is 13.5. The molecule has 34 heavy (non-hydrogen) atoms. The molecule has 0 radical (unpaired) electrons. The summed E-state index contributed by atoms with van der Waals surface area (Å²) in [4.78, 5) is 29.9. The average molecular weight is 473 g/mol. The number of thiazole rings is 1. The molecule has 168 valence electrons. The smallest absolute Gasteiger partial charge is 0.253 e. The first-order chi connectivity index (χ1) is 16.7. The van der Waals surface area contributed by atoms with Crippen LogP contribution in [-0.4, -0.2) is 46.6 Å². The number of carbonyl (C=O) groups excluding carboxylic acids is 1. The molecule has 5 aromatic heterocycles. The molecule has 9 nitrogen and oxygen atoms in total. The Bertz CT molecular complexity index is 1480. The van der Waals surface area contributed by atoms with Gasteiger partial charge in [0, 0.05) is 42.0 Å². The van der Waals surface area contributed by atoms with Gasteiger partial charge in [0.05, 0.1) is 17.3 Å². The van der Waals surface area contributed by atoms with Crippen LogP contribution < -0.4 is 5.32 Å². The van der Waals surface area contributed by atoms with Crippen LogP contribution in [0.15, 0.2) is 60.5 Å². The Morgan fingerprint density at radius 1 is 1.06 bits per heavy atom. The fraction of sp³-hybridized carbons (Fsp3) is 0.174. The molecule has 0 aliphatic heterocycles. The first-order valence-corrected chi connectivity index (χ1v) is 11.5. The minimum absolute atomic E-state index is 0.0293. The summed E-state index contributed by atoms with van der Waals surface area (Å²) in [5.74, 6) is 1.52. The molecule has 1 N–H and O–H groups in total. The Kier molecular flexibility index (Phi) is 5.02. The predicted molar refractivity (Wildman–Crippen MR) is 123 cm³/mol. The van der Waals surface area contributed by atoms with E-state index in [9.17, 15) is 9.18 Å². The number of carbonyl (C=O) groups is 1. The second-order valence-electron chi connectivity index (χ2n) is 7.96. The Labute approximate surface area is 196 Å². The van der Waals surface area contributed by atoms with Gasteiger partial charge in [-0.15, -0.1) is 21.5 Å². The highest BCUT2D eigenvalue weighted by Crippen LogP contribution is 2.38. The molecule has 5 heterocycles. The van der Waals surface area contributed by atoms with E-state index in [4.69, 9.17) is 0 Å². The first kappa shape index (κ1) is 20.5. The molecule has 0 saturated heterocycles. The Balaban J connectivity index is 1.22. The quantitative estimate of drug-likeness (QED) is 0.416. The molecule has 11 heteroatoms. The van der Waals surface area contributed by atoms with Crippen molar-refractivity contribution in [3.05, 3.63) is 77.7 Å². The summed E-state index contributed by atoms with van der Waals surface area (Å²) in [6.45, 7) is 0. The molecule has 6 rings (SSSR count). The molecule has 1 saturated carbocycles. The molecule has 5 aromatic rings. The van der Waals surface area contributed by atoms with Crippen molar-refractivity contribution in [2.24, 2.45) is 0 Å². The molecule has 0 bridgehead atoms. The van der Waals surface area contributed by atoms with Crippen molar-refractivity contribution in [3.8, 4) is 16.6 Å². The highest BCUT2D eigenvalue weighted by molar-refractivity contribution is 7.13. The zero-order valence-electron chi connectivity index (χ0n) is 17.7. The number of halogens is 1. The van der Waals surface area contributed by atoms with Crippen molar-refractivity contribution < 1.29 is 9.18 Å². The molecule has 1 aliphatic carbocycles. The van der Waals surface area contributed by atoms with Gasteiger partial charge in [0.15, 0.2) is 10.8 Å². The minimum atomic E-state index is -0.492. The van der Waals surface area contributed by atoms with Crippen molar-refractivity contribution in [1.29, 1.82) is 0 Å². The standard InChI is InChI=1S/C23H17FN8OS/c24-14-11-17-19(28-12-14)16(4-6-25-17)22(33)29-15-9-13(10-15)20-30-31-21(23-27-7-8-34-23)32(20)18-3-1-2-5-26-18/h1-8,11-13,15H,9-10H2,(H,29,33)/t13-,15-. The lowest BCUT2D eigenvalue weighted by atomic mass is 9.79. The van der Waals surface area contributed by atoms with Gasteiger partial charge in [0.25, 0.3) is 5.91 Å². The molecule has 1 aliphatic rings. The SMILES string of the molecule is O=C(N[C@H]1C[C@H](c2nnc(-c3nccs3)n2-c2ccccn2)C1)c1ccnc2cc(F)cnc12. The Morgan fingerprint density at radius 3 is 2.76 bits per heavy atom. The predicted octanol–water partition coefficient (Wildman–Crippen LogP) is 3.54. The molecule has 0 aromatic carbocycles. The van der Waals surface area contributed by atoms with Crippen molar-refractivity contribution in [1.82, 2.24) is 40.0 Å². The van der Waals surface area contributed by atoms with Gasteiger partial charge in [-0.1, -0.05) is 6.07 Å². The van der Waals surface area contributed by atoms with Crippen LogP contribution in [0, 0.1) is 5.82 Å². The normalized spacial score (nSPS) is 17.4. The number of nitrogens with one attached hydrogen (secondary N) is 1. The summed E-state index contributed by atoms with van der Waals surface area (Å²) >= 11 is 1.49. The van der Waals surface area contributed by atoms with Gasteiger partial charge in [-0.2, -0.15) is 0 Å². The average Bonchev–Trinajstić information content (AvgIpc) is 3.51. The zero-order chi connectivity index (χ0) is 23.1. The van der Waals surface area contributed by atoms with E-state index in [1.165, 1.54) is 23.6 Å². The highest BCUT2D eigenvalue weighted by Gasteiger charge is 2.36. The third-order valence-electron chi connectivity index (χ3n) is 5.82. The lowest BCUT2D eigenvalue weighted by molar-refractivity contribution is 0.0908. The summed E-state index contributed by atoms with van der Waals surface area (Å²) in [7, 11) is 0. The molecule has 0 spiro atoms. The number of rotatable bonds is 5. The molecular weight excluding hydrogens is 455 g/mol. The summed E-state index contributed by atoms with van der Waals surface area (Å²) in [6, 6.07) is 8.52. The second kappa shape index (κ2) is 8.34. The summed E-state index contributed by atoms with van der Waals surface area (Å²) in [5.41, 5.74) is 1.09. The number of hydrogen-bond donors (Lipinski definition) is 1. The molecule has 0 atom stereocenters. The van der Waals surface area contributed by atoms with Crippen molar-refractivity contribution in [3.63, 3.8) is 0 Å². The van der Waals surface area contributed by atoms with E-state index < -0.39 is 5.82 Å². The van der Waals surface area contributed by atoms with Crippen LogP contribution in [0.1, 0.15) is 34.9 Å². The maximum absolute atomic E-state index is 13.5. The van der Waals surface area contributed by atoms with E-state index in [1.54, 1.807) is 18.5 Å². The monoisotopic (exact) mass is 472 g/mol. The number of nitrogens with zero attached hydrogens (tertiary/aromatic N) is 7. The maximum Gasteiger partial charge on any atom is 0.253 e. The van der Waals surface area contributed by atoms with Gasteiger partial charge in [0.2, 0.25) is 0 Å². The van der Waals surface area contributed by atoms with E-state index in [2.05, 4.69) is 35.5 Å². The van der Waals surface area contributed by atoms with Crippen molar-refractivity contribution in [2.45, 2.75) is 24.8 Å². The van der Waals surface area contributed by atoms with Gasteiger partial charge in [-0.25, -0.2) is 14.4 Å². The van der Waals surface area contributed by atoms with Gasteiger partial charge in [-0.05, 0) is 31.0 Å². The summed E-state index contributed by atoms with van der Waals surface area (Å²) in [6.07, 6.45) is 7.45. The number of amides is 1. The van der Waals surface area contributed by atoms with E-state index >= 15 is 0 Å². The number of aromatic nitrogens is 7. The molecular formula is C23H17FN8OS. The minimum Gasteiger partial charge on any atom is -0.349 e. The van der Waals surface area contributed by atoms with Crippen LogP contribution in [0.4, 0.5) is 4.39 Å². The van der Waals surface area contributed by atoms with Gasteiger partial charge < -0.3 is 5.32 Å². The highest BCUT2D eigenvalue weighted by atomic mass is 32.1. The van der Waals surface area contributed by atoms with Crippen LogP contribution in [0.5, 0.6) is 0 Å². The third kappa shape index (κ3) is 3.59. The van der Waals surface area contributed by atoms with Crippen LogP contribution in [0.2, 0.25) is 0 Å². The fourth-order valence-corrected chi connectivity index (χ4v) is 4.75. The molecule has 1 fully saturated rings. The van der Waals surface area contributed by atoms with Crippen LogP contribution >= 0.6 is 11.3 Å². The Morgan fingerprint density at radius 2 is 1.97 bits per heavy atom. The van der Waals surface area contributed by atoms with E-state index in [0.29, 0.717) is 35.3 Å². The van der Waals surface area contributed by atoms with E-state index in [0.717, 1.165) is 22.8 Å². The van der Waals surface area contributed by atoms with Gasteiger partial charge in [-0.3, -0.25) is 19.3 Å². The van der Waals surface area contributed by atoms with Crippen molar-refractivity contribution >= 4 is 28.3 Å². The summed E-state index contributed by atoms with van der Waals surface area (Å²) < 4.78 is 15.4. The van der Waals surface area contributed by atoms with Crippen molar-refractivity contribution in [2.75, 3.05) is 0 Å². The van der Waals surface area contributed by atoms with Gasteiger partial charge >= 0.3 is 0 Å². The number of pyridine rings is 3. The zero-order valence-corrected chi connectivity index (χ0v) is 18.5. The number of fused-ring (bicyclic) bond motifs is 1. The first-order valence-electron chi connectivity index (χ1n) is 10.6. The lowest BCUT2D eigenvalue weighted by Crippen LogP contribution is -2.44. The van der Waals surface area contributed by atoms with E-state index in [1.807, 2.05) is 28.1 Å². The largest absolute Gasteiger partial charge is 0.349 e. The van der Waals surface area contributed by atoms with Crippen LogP contribution in [0.3, 0.4) is 0 Å². The third-order valence-corrected chi connectivity index (χ3v) is 6.59. The fourth-order valence-electron chi connectivity index (χ4n) is 4.14. The van der Waals surface area contributed by atoms with E-state index in [-0.39, 0.29) is 17.9 Å². The molecule has 1 amide bonds.